The van der Waals surface area contributed by atoms with Gasteiger partial charge in [-0.05, 0) is 0 Å². The van der Waals surface area contributed by atoms with Crippen molar-refractivity contribution in [2.75, 3.05) is 0 Å². The van der Waals surface area contributed by atoms with E-state index >= 15 is 0 Å². The molecule has 0 amide bonds. The van der Waals surface area contributed by atoms with Gasteiger partial charge in [0.25, 0.3) is 0 Å². The van der Waals surface area contributed by atoms with Crippen LogP contribution >= 0.6 is 0 Å². The fourth-order valence-electron chi connectivity index (χ4n) is 0. The van der Waals surface area contributed by atoms with Crippen LogP contribution in [0.25, 0.3) is 0 Å². The van der Waals surface area contributed by atoms with Crippen LogP contribution in [-0.2, 0) is 4.79 Å². The third-order valence-corrected chi connectivity index (χ3v) is 0.243. The Morgan fingerprint density at radius 1 is 1.45 bits per heavy atom. The zero-order valence-corrected chi connectivity index (χ0v) is 7.25. The minimum absolute atomic E-state index is 0. The van der Waals surface area contributed by atoms with Gasteiger partial charge < -0.3 is 15.2 Å². The topological polar surface area (TPSA) is 89.8 Å². The van der Waals surface area contributed by atoms with E-state index in [2.05, 4.69) is 0 Å². The largest absolute Gasteiger partial charge is 1.00 e. The van der Waals surface area contributed by atoms with Crippen molar-refractivity contribution in [3.63, 3.8) is 0 Å². The first kappa shape index (κ1) is 17.0. The van der Waals surface area contributed by atoms with E-state index in [1.165, 1.54) is 0 Å². The molecule has 0 aliphatic carbocycles. The van der Waals surface area contributed by atoms with E-state index in [4.69, 9.17) is 20.0 Å². The van der Waals surface area contributed by atoms with E-state index in [1.54, 1.807) is 0 Å². The number of carboxylic acids is 1. The van der Waals surface area contributed by atoms with E-state index in [9.17, 15) is 13.2 Å². The number of carboxylic acid groups (broad SMARTS) is 1. The second kappa shape index (κ2) is 7.76. The molecule has 0 aliphatic rings. The van der Waals surface area contributed by atoms with Crippen LogP contribution in [0.2, 0.25) is 0 Å². The van der Waals surface area contributed by atoms with Gasteiger partial charge in [-0.3, -0.25) is 0 Å². The van der Waals surface area contributed by atoms with E-state index in [-0.39, 0.29) is 29.6 Å². The summed E-state index contributed by atoms with van der Waals surface area (Å²) in [4.78, 5) is 16.9. The van der Waals surface area contributed by atoms with Gasteiger partial charge in [0.1, 0.15) is 0 Å². The number of halogens is 3. The van der Waals surface area contributed by atoms with Crippen LogP contribution in [-0.4, -0.2) is 17.3 Å². The molecule has 0 heterocycles. The maximum absolute atomic E-state index is 10.6. The Kier molecular flexibility index (Phi) is 12.0. The smallest absolute Gasteiger partial charge is 0.475 e. The molecule has 0 saturated carbocycles. The van der Waals surface area contributed by atoms with Gasteiger partial charge in [0, 0.05) is 0 Å². The molecule has 0 aromatic carbocycles. The van der Waals surface area contributed by atoms with Crippen LogP contribution in [0.4, 0.5) is 13.2 Å². The minimum Gasteiger partial charge on any atom is -0.475 e. The van der Waals surface area contributed by atoms with Gasteiger partial charge in [-0.25, -0.2) is 4.79 Å². The molecule has 0 spiro atoms. The number of hydrogen-bond acceptors (Lipinski definition) is 4. The number of hydrogen-bond donors (Lipinski definition) is 1. The third-order valence-electron chi connectivity index (χ3n) is 0.243. The molecule has 0 radical (unpaired) electrons. The van der Waals surface area contributed by atoms with E-state index in [0.29, 0.717) is 0 Å². The molecule has 0 fully saturated rings. The number of carbonyl (C=O) groups is 1. The van der Waals surface area contributed by atoms with Crippen LogP contribution in [0.5, 0.6) is 0 Å². The van der Waals surface area contributed by atoms with Gasteiger partial charge in [-0.1, -0.05) is 0 Å². The molecular formula is C2HF3NNaO4. The van der Waals surface area contributed by atoms with Crippen LogP contribution in [0.1, 0.15) is 0 Å². The molecule has 5 nitrogen and oxygen atoms in total. The fraction of sp³-hybridized carbons (Fsp3) is 0.500. The second-order valence-electron chi connectivity index (χ2n) is 0.877. The van der Waals surface area contributed by atoms with Crippen molar-refractivity contribution in [2.45, 2.75) is 6.18 Å². The summed E-state index contributed by atoms with van der Waals surface area (Å²) in [5.74, 6) is -2.76. The van der Waals surface area contributed by atoms with Gasteiger partial charge in [0.15, 0.2) is 0 Å². The standard InChI is InChI=1S/C2HF3O2.HNO2.Na/c3-2(4,5)1(6)7;2-1-3;/h(H,6,7);(H,2,3);/q;;+1/p-1. The molecule has 1 N–H and O–H groups in total. The summed E-state index contributed by atoms with van der Waals surface area (Å²) in [6.07, 6.45) is -5.08. The van der Waals surface area contributed by atoms with Crippen LogP contribution in [0.15, 0.2) is 5.34 Å². The second-order valence-corrected chi connectivity index (χ2v) is 0.877. The fourth-order valence-corrected chi connectivity index (χ4v) is 0. The number of nitrogens with zero attached hydrogens (tertiary/aromatic N) is 1. The molecule has 0 aromatic heterocycles. The monoisotopic (exact) mass is 183 g/mol. The molecule has 0 saturated heterocycles. The molecule has 60 valence electrons. The first-order chi connectivity index (χ1) is 4.36. The Morgan fingerprint density at radius 2 is 1.55 bits per heavy atom. The number of aliphatic carboxylic acids is 1. The SMILES string of the molecule is O=C(O)C(F)(F)F.O=N[O-].[Na+]. The average molecular weight is 183 g/mol. The summed E-state index contributed by atoms with van der Waals surface area (Å²) in [6.45, 7) is 0. The van der Waals surface area contributed by atoms with Crippen molar-refractivity contribution in [1.82, 2.24) is 0 Å². The van der Waals surface area contributed by atoms with Crippen molar-refractivity contribution in [3.05, 3.63) is 10.1 Å². The zero-order chi connectivity index (χ0) is 8.78. The number of alkyl halides is 3. The average Bonchev–Trinajstić information content (AvgIpc) is 1.64. The summed E-state index contributed by atoms with van der Waals surface area (Å²) < 4.78 is 31.7. The molecular weight excluding hydrogens is 182 g/mol. The van der Waals surface area contributed by atoms with E-state index in [0.717, 1.165) is 5.34 Å². The maximum Gasteiger partial charge on any atom is 1.00 e. The minimum atomic E-state index is -5.08. The predicted octanol–water partition coefficient (Wildman–Crippen LogP) is -2.11. The van der Waals surface area contributed by atoms with E-state index in [1.807, 2.05) is 0 Å². The molecule has 9 heteroatoms. The van der Waals surface area contributed by atoms with Crippen molar-refractivity contribution in [3.8, 4) is 0 Å². The summed E-state index contributed by atoms with van der Waals surface area (Å²) in [5.41, 5.74) is 0. The Bertz CT molecular complexity index is 125. The van der Waals surface area contributed by atoms with Crippen LogP contribution in [0.3, 0.4) is 0 Å². The van der Waals surface area contributed by atoms with Gasteiger partial charge >= 0.3 is 41.7 Å². The van der Waals surface area contributed by atoms with Crippen molar-refractivity contribution >= 4 is 5.97 Å². The molecule has 0 atom stereocenters. The maximum atomic E-state index is 10.6. The van der Waals surface area contributed by atoms with Gasteiger partial charge in [0.2, 0.25) is 0 Å². The van der Waals surface area contributed by atoms with Crippen LogP contribution in [0, 0.1) is 10.1 Å². The number of rotatable bonds is 0. The normalized spacial score (nSPS) is 8.27. The molecule has 11 heavy (non-hydrogen) atoms. The van der Waals surface area contributed by atoms with Gasteiger partial charge in [-0.2, -0.15) is 13.2 Å². The van der Waals surface area contributed by atoms with Crippen molar-refractivity contribution in [2.24, 2.45) is 5.34 Å². The molecule has 0 unspecified atom stereocenters. The summed E-state index contributed by atoms with van der Waals surface area (Å²) in [5, 5.41) is 16.1. The molecule has 0 aromatic rings. The zero-order valence-electron chi connectivity index (χ0n) is 5.25. The Hall–Kier alpha value is -0.340. The summed E-state index contributed by atoms with van der Waals surface area (Å²) in [7, 11) is 0. The first-order valence-corrected chi connectivity index (χ1v) is 1.61. The molecule has 0 bridgehead atoms. The van der Waals surface area contributed by atoms with Crippen molar-refractivity contribution in [1.29, 1.82) is 0 Å². The predicted molar refractivity (Wildman–Crippen MR) is 22.9 cm³/mol. The summed E-state index contributed by atoms with van der Waals surface area (Å²) >= 11 is 0. The molecule has 0 rings (SSSR count). The van der Waals surface area contributed by atoms with Crippen LogP contribution < -0.4 is 29.6 Å². The Labute approximate surface area is 80.4 Å². The third kappa shape index (κ3) is 17.7. The van der Waals surface area contributed by atoms with Gasteiger partial charge in [0.05, 0.1) is 0 Å². The first-order valence-electron chi connectivity index (χ1n) is 1.61. The van der Waals surface area contributed by atoms with E-state index < -0.39 is 12.1 Å². The Morgan fingerprint density at radius 3 is 1.55 bits per heavy atom. The summed E-state index contributed by atoms with van der Waals surface area (Å²) in [6, 6.07) is 0. The molecule has 0 aliphatic heterocycles. The quantitative estimate of drug-likeness (QED) is 0.264. The van der Waals surface area contributed by atoms with Crippen molar-refractivity contribution < 1.29 is 52.6 Å². The Balaban J connectivity index is -0.000000140. The van der Waals surface area contributed by atoms with Gasteiger partial charge in [-0.15, -0.1) is 5.34 Å².